The average molecular weight is 338 g/mol. The fraction of sp³-hybridized carbons (Fsp3) is 0.0588. The minimum Gasteiger partial charge on any atom is -0.477 e. The minimum absolute atomic E-state index is 0.138. The summed E-state index contributed by atoms with van der Waals surface area (Å²) in [5.74, 6) is -1.59. The van der Waals surface area contributed by atoms with Crippen molar-refractivity contribution in [1.82, 2.24) is 14.5 Å². The van der Waals surface area contributed by atoms with Gasteiger partial charge >= 0.3 is 11.7 Å². The maximum absolute atomic E-state index is 12.2. The zero-order valence-corrected chi connectivity index (χ0v) is 13.2. The van der Waals surface area contributed by atoms with E-state index in [1.54, 1.807) is 37.4 Å². The number of carboxylic acids is 1. The van der Waals surface area contributed by atoms with Crippen molar-refractivity contribution in [3.8, 4) is 5.69 Å². The molecule has 3 rings (SSSR count). The van der Waals surface area contributed by atoms with Crippen LogP contribution in [0.15, 0.2) is 53.6 Å². The van der Waals surface area contributed by atoms with Crippen LogP contribution in [0.25, 0.3) is 5.69 Å². The number of aryl methyl sites for hydroxylation is 1. The summed E-state index contributed by atoms with van der Waals surface area (Å²) in [5.41, 5.74) is 1.64. The minimum atomic E-state index is -1.16. The van der Waals surface area contributed by atoms with E-state index in [9.17, 15) is 14.4 Å². The molecule has 0 radical (unpaired) electrons. The maximum Gasteiger partial charge on any atom is 0.354 e. The Morgan fingerprint density at radius 1 is 1.24 bits per heavy atom. The number of amides is 1. The molecule has 0 bridgehead atoms. The Hall–Kier alpha value is -3.68. The Bertz CT molecular complexity index is 1000. The van der Waals surface area contributed by atoms with Crippen molar-refractivity contribution in [2.24, 2.45) is 0 Å². The lowest BCUT2D eigenvalue weighted by Crippen LogP contribution is -2.15. The standard InChI is InChI=1S/C17H14N4O4/c1-10-9-21(17(25)19-10)13-4-2-3-12(7-13)20-15(22)11-5-6-14(16(23)24)18-8-11/h2-9H,1H3,(H,19,25)(H,20,22)(H,23,24). The molecule has 2 aromatic heterocycles. The molecule has 0 aliphatic rings. The van der Waals surface area contributed by atoms with Gasteiger partial charge in [-0.2, -0.15) is 0 Å². The van der Waals surface area contributed by atoms with Crippen molar-refractivity contribution in [2.75, 3.05) is 5.32 Å². The van der Waals surface area contributed by atoms with E-state index >= 15 is 0 Å². The van der Waals surface area contributed by atoms with Gasteiger partial charge in [-0.15, -0.1) is 0 Å². The Kier molecular flexibility index (Phi) is 4.17. The summed E-state index contributed by atoms with van der Waals surface area (Å²) in [5, 5.41) is 11.5. The number of aromatic amines is 1. The summed E-state index contributed by atoms with van der Waals surface area (Å²) in [7, 11) is 0. The van der Waals surface area contributed by atoms with Gasteiger partial charge in [0.1, 0.15) is 5.69 Å². The molecule has 1 amide bonds. The third kappa shape index (κ3) is 3.47. The number of pyridine rings is 1. The summed E-state index contributed by atoms with van der Waals surface area (Å²) < 4.78 is 1.44. The zero-order valence-electron chi connectivity index (χ0n) is 13.2. The number of nitrogens with one attached hydrogen (secondary N) is 2. The molecule has 0 saturated heterocycles. The Labute approximate surface area is 141 Å². The smallest absolute Gasteiger partial charge is 0.354 e. The summed E-state index contributed by atoms with van der Waals surface area (Å²) >= 11 is 0. The van der Waals surface area contributed by atoms with Crippen molar-refractivity contribution in [3.63, 3.8) is 0 Å². The van der Waals surface area contributed by atoms with Crippen molar-refractivity contribution in [2.45, 2.75) is 6.92 Å². The topological polar surface area (TPSA) is 117 Å². The Morgan fingerprint density at radius 3 is 2.64 bits per heavy atom. The number of carbonyl (C=O) groups excluding carboxylic acids is 1. The van der Waals surface area contributed by atoms with E-state index in [2.05, 4.69) is 15.3 Å². The first-order valence-corrected chi connectivity index (χ1v) is 7.33. The Morgan fingerprint density at radius 2 is 2.04 bits per heavy atom. The van der Waals surface area contributed by atoms with Gasteiger partial charge in [0.05, 0.1) is 11.3 Å². The first-order valence-electron chi connectivity index (χ1n) is 7.33. The number of aromatic carboxylic acids is 1. The summed E-state index contributed by atoms with van der Waals surface area (Å²) in [6.07, 6.45) is 2.86. The van der Waals surface area contributed by atoms with E-state index in [0.29, 0.717) is 11.4 Å². The molecule has 8 nitrogen and oxygen atoms in total. The van der Waals surface area contributed by atoms with Crippen LogP contribution in [0.4, 0.5) is 5.69 Å². The van der Waals surface area contributed by atoms with Crippen molar-refractivity contribution >= 4 is 17.6 Å². The van der Waals surface area contributed by atoms with Gasteiger partial charge in [-0.1, -0.05) is 6.07 Å². The second-order valence-electron chi connectivity index (χ2n) is 5.35. The van der Waals surface area contributed by atoms with E-state index in [4.69, 9.17) is 5.11 Å². The van der Waals surface area contributed by atoms with Crippen molar-refractivity contribution in [1.29, 1.82) is 0 Å². The fourth-order valence-corrected chi connectivity index (χ4v) is 2.30. The van der Waals surface area contributed by atoms with Crippen LogP contribution in [0.1, 0.15) is 26.5 Å². The monoisotopic (exact) mass is 338 g/mol. The molecule has 3 aromatic rings. The van der Waals surface area contributed by atoms with E-state index < -0.39 is 11.9 Å². The molecule has 0 saturated carbocycles. The van der Waals surface area contributed by atoms with Crippen LogP contribution in [0.2, 0.25) is 0 Å². The number of benzene rings is 1. The lowest BCUT2D eigenvalue weighted by atomic mass is 10.2. The number of nitrogens with zero attached hydrogens (tertiary/aromatic N) is 2. The van der Waals surface area contributed by atoms with E-state index in [1.165, 1.54) is 22.9 Å². The second-order valence-corrected chi connectivity index (χ2v) is 5.35. The van der Waals surface area contributed by atoms with Crippen LogP contribution in [0, 0.1) is 6.92 Å². The fourth-order valence-electron chi connectivity index (χ4n) is 2.30. The maximum atomic E-state index is 12.2. The number of anilines is 1. The van der Waals surface area contributed by atoms with Gasteiger partial charge in [0.25, 0.3) is 5.91 Å². The van der Waals surface area contributed by atoms with Gasteiger partial charge in [0.2, 0.25) is 0 Å². The molecule has 3 N–H and O–H groups in total. The number of rotatable bonds is 4. The molecular weight excluding hydrogens is 324 g/mol. The zero-order chi connectivity index (χ0) is 18.0. The van der Waals surface area contributed by atoms with Crippen molar-refractivity contribution < 1.29 is 14.7 Å². The summed E-state index contributed by atoms with van der Waals surface area (Å²) in [6.45, 7) is 1.78. The van der Waals surface area contributed by atoms with Crippen LogP contribution in [0.5, 0.6) is 0 Å². The lowest BCUT2D eigenvalue weighted by molar-refractivity contribution is 0.0690. The van der Waals surface area contributed by atoms with Crippen LogP contribution >= 0.6 is 0 Å². The van der Waals surface area contributed by atoms with E-state index in [1.807, 2.05) is 0 Å². The second kappa shape index (κ2) is 6.44. The third-order valence-electron chi connectivity index (χ3n) is 3.47. The molecule has 0 aliphatic heterocycles. The van der Waals surface area contributed by atoms with E-state index in [0.717, 1.165) is 5.69 Å². The molecule has 0 spiro atoms. The first kappa shape index (κ1) is 16.2. The molecular formula is C17H14N4O4. The molecule has 0 unspecified atom stereocenters. The van der Waals surface area contributed by atoms with Gasteiger partial charge in [0, 0.05) is 23.8 Å². The largest absolute Gasteiger partial charge is 0.477 e. The summed E-state index contributed by atoms with van der Waals surface area (Å²) in [4.78, 5) is 41.2. The summed E-state index contributed by atoms with van der Waals surface area (Å²) in [6, 6.07) is 9.45. The van der Waals surface area contributed by atoms with Gasteiger partial charge in [-0.25, -0.2) is 14.6 Å². The highest BCUT2D eigenvalue weighted by molar-refractivity contribution is 6.04. The third-order valence-corrected chi connectivity index (χ3v) is 3.47. The molecule has 0 atom stereocenters. The number of hydrogen-bond acceptors (Lipinski definition) is 4. The quantitative estimate of drug-likeness (QED) is 0.671. The molecule has 25 heavy (non-hydrogen) atoms. The van der Waals surface area contributed by atoms with Crippen LogP contribution in [-0.4, -0.2) is 31.5 Å². The van der Waals surface area contributed by atoms with E-state index in [-0.39, 0.29) is 16.9 Å². The average Bonchev–Trinajstić information content (AvgIpc) is 2.93. The normalized spacial score (nSPS) is 10.4. The predicted octanol–water partition coefficient (Wildman–Crippen LogP) is 1.82. The molecule has 0 fully saturated rings. The molecule has 0 aliphatic carbocycles. The van der Waals surface area contributed by atoms with Gasteiger partial charge in [-0.3, -0.25) is 9.36 Å². The van der Waals surface area contributed by atoms with Crippen LogP contribution in [0.3, 0.4) is 0 Å². The predicted molar refractivity (Wildman–Crippen MR) is 90.3 cm³/mol. The SMILES string of the molecule is Cc1cn(-c2cccc(NC(=O)c3ccc(C(=O)O)nc3)c2)c(=O)[nH]1. The molecule has 126 valence electrons. The number of aromatic nitrogens is 3. The Balaban J connectivity index is 1.82. The molecule has 8 heteroatoms. The van der Waals surface area contributed by atoms with Crippen LogP contribution < -0.4 is 11.0 Å². The highest BCUT2D eigenvalue weighted by Gasteiger charge is 2.10. The van der Waals surface area contributed by atoms with Crippen LogP contribution in [-0.2, 0) is 0 Å². The lowest BCUT2D eigenvalue weighted by Gasteiger charge is -2.08. The first-order chi connectivity index (χ1) is 11.9. The number of carbonyl (C=O) groups is 2. The highest BCUT2D eigenvalue weighted by Crippen LogP contribution is 2.15. The van der Waals surface area contributed by atoms with Gasteiger partial charge in [-0.05, 0) is 37.3 Å². The molecule has 2 heterocycles. The van der Waals surface area contributed by atoms with Gasteiger partial charge < -0.3 is 15.4 Å². The number of carboxylic acid groups (broad SMARTS) is 1. The number of hydrogen-bond donors (Lipinski definition) is 3. The van der Waals surface area contributed by atoms with Gasteiger partial charge in [0.15, 0.2) is 0 Å². The number of H-pyrrole nitrogens is 1. The molecule has 1 aromatic carbocycles. The number of imidazole rings is 1. The highest BCUT2D eigenvalue weighted by atomic mass is 16.4. The van der Waals surface area contributed by atoms with Crippen molar-refractivity contribution in [3.05, 3.63) is 76.2 Å².